The number of allylic oxidation sites excluding steroid dienone is 4. The SMILES string of the molecule is CC(C)C1=CC(=O)C(=O)C=CC1. The van der Waals surface area contributed by atoms with Gasteiger partial charge in [-0.2, -0.15) is 0 Å². The highest BCUT2D eigenvalue weighted by Crippen LogP contribution is 2.16. The van der Waals surface area contributed by atoms with Gasteiger partial charge >= 0.3 is 0 Å². The highest BCUT2D eigenvalue weighted by Gasteiger charge is 2.13. The van der Waals surface area contributed by atoms with Crippen LogP contribution in [0.15, 0.2) is 23.8 Å². The third kappa shape index (κ3) is 1.91. The maximum atomic E-state index is 11.1. The highest BCUT2D eigenvalue weighted by atomic mass is 16.2. The van der Waals surface area contributed by atoms with E-state index in [9.17, 15) is 9.59 Å². The fourth-order valence-electron chi connectivity index (χ4n) is 1.08. The summed E-state index contributed by atoms with van der Waals surface area (Å²) in [6.07, 6.45) is 5.29. The summed E-state index contributed by atoms with van der Waals surface area (Å²) in [4.78, 5) is 22.0. The van der Waals surface area contributed by atoms with Gasteiger partial charge in [-0.3, -0.25) is 9.59 Å². The minimum Gasteiger partial charge on any atom is -0.286 e. The lowest BCUT2D eigenvalue weighted by molar-refractivity contribution is -0.130. The molecular formula is C10H12O2. The standard InChI is InChI=1S/C10H12O2/c1-7(2)8-4-3-5-9(11)10(12)6-8/h3,5-7H,4H2,1-2H3. The summed E-state index contributed by atoms with van der Waals surface area (Å²) in [5.41, 5.74) is 1.03. The van der Waals surface area contributed by atoms with E-state index < -0.39 is 11.6 Å². The third-order valence-electron chi connectivity index (χ3n) is 1.92. The summed E-state index contributed by atoms with van der Waals surface area (Å²) < 4.78 is 0. The molecule has 2 nitrogen and oxygen atoms in total. The maximum Gasteiger partial charge on any atom is 0.225 e. The Kier molecular flexibility index (Phi) is 2.58. The van der Waals surface area contributed by atoms with E-state index in [0.29, 0.717) is 5.92 Å². The second-order valence-corrected chi connectivity index (χ2v) is 3.21. The molecule has 0 aromatic heterocycles. The molecule has 0 N–H and O–H groups in total. The van der Waals surface area contributed by atoms with Gasteiger partial charge < -0.3 is 0 Å². The Bertz CT molecular complexity index is 270. The van der Waals surface area contributed by atoms with Crippen molar-refractivity contribution in [2.45, 2.75) is 20.3 Å². The van der Waals surface area contributed by atoms with Crippen LogP contribution >= 0.6 is 0 Å². The molecule has 1 aliphatic carbocycles. The Hall–Kier alpha value is -1.18. The van der Waals surface area contributed by atoms with Gasteiger partial charge in [-0.15, -0.1) is 0 Å². The smallest absolute Gasteiger partial charge is 0.225 e. The molecule has 1 aliphatic rings. The third-order valence-corrected chi connectivity index (χ3v) is 1.92. The van der Waals surface area contributed by atoms with E-state index in [4.69, 9.17) is 0 Å². The molecule has 1 rings (SSSR count). The van der Waals surface area contributed by atoms with E-state index in [0.717, 1.165) is 12.0 Å². The lowest BCUT2D eigenvalue weighted by atomic mass is 10.00. The second kappa shape index (κ2) is 3.48. The fourth-order valence-corrected chi connectivity index (χ4v) is 1.08. The predicted octanol–water partition coefficient (Wildman–Crippen LogP) is 1.67. The summed E-state index contributed by atoms with van der Waals surface area (Å²) in [6, 6.07) is 0. The van der Waals surface area contributed by atoms with E-state index >= 15 is 0 Å². The Morgan fingerprint density at radius 1 is 1.25 bits per heavy atom. The Labute approximate surface area is 72.0 Å². The monoisotopic (exact) mass is 164 g/mol. The molecule has 0 aromatic rings. The summed E-state index contributed by atoms with van der Waals surface area (Å²) in [5.74, 6) is -0.470. The molecule has 0 atom stereocenters. The van der Waals surface area contributed by atoms with Crippen LogP contribution in [0.1, 0.15) is 20.3 Å². The minimum absolute atomic E-state index is 0.337. The van der Waals surface area contributed by atoms with Gasteiger partial charge in [0.05, 0.1) is 0 Å². The first-order valence-electron chi connectivity index (χ1n) is 4.06. The van der Waals surface area contributed by atoms with Crippen molar-refractivity contribution in [2.24, 2.45) is 5.92 Å². The molecule has 0 saturated heterocycles. The van der Waals surface area contributed by atoms with Crippen LogP contribution in [0.4, 0.5) is 0 Å². The lowest BCUT2D eigenvalue weighted by Gasteiger charge is -2.05. The van der Waals surface area contributed by atoms with E-state index in [-0.39, 0.29) is 0 Å². The molecular weight excluding hydrogens is 152 g/mol. The molecule has 0 bridgehead atoms. The van der Waals surface area contributed by atoms with Crippen LogP contribution in [0.25, 0.3) is 0 Å². The van der Waals surface area contributed by atoms with Gasteiger partial charge in [-0.05, 0) is 24.5 Å². The van der Waals surface area contributed by atoms with Crippen LogP contribution in [-0.2, 0) is 9.59 Å². The molecule has 12 heavy (non-hydrogen) atoms. The van der Waals surface area contributed by atoms with Crippen molar-refractivity contribution < 1.29 is 9.59 Å². The first kappa shape index (κ1) is 8.91. The van der Waals surface area contributed by atoms with Gasteiger partial charge in [0, 0.05) is 0 Å². The minimum atomic E-state index is -0.411. The van der Waals surface area contributed by atoms with Gasteiger partial charge in [0.1, 0.15) is 0 Å². The van der Waals surface area contributed by atoms with Crippen molar-refractivity contribution in [3.05, 3.63) is 23.8 Å². The highest BCUT2D eigenvalue weighted by molar-refractivity contribution is 6.45. The maximum absolute atomic E-state index is 11.1. The number of ketones is 2. The first-order valence-corrected chi connectivity index (χ1v) is 4.06. The van der Waals surface area contributed by atoms with E-state index in [1.807, 2.05) is 13.8 Å². The summed E-state index contributed by atoms with van der Waals surface area (Å²) in [7, 11) is 0. The second-order valence-electron chi connectivity index (χ2n) is 3.21. The predicted molar refractivity (Wildman–Crippen MR) is 46.7 cm³/mol. The Balaban J connectivity index is 2.92. The summed E-state index contributed by atoms with van der Waals surface area (Å²) in [5, 5.41) is 0. The number of carbonyl (C=O) groups excluding carboxylic acids is 2. The van der Waals surface area contributed by atoms with Crippen LogP contribution in [0.2, 0.25) is 0 Å². The van der Waals surface area contributed by atoms with E-state index in [1.54, 1.807) is 6.08 Å². The molecule has 64 valence electrons. The molecule has 0 unspecified atom stereocenters. The molecule has 0 amide bonds. The lowest BCUT2D eigenvalue weighted by Crippen LogP contribution is -2.07. The number of hydrogen-bond acceptors (Lipinski definition) is 2. The molecule has 0 heterocycles. The van der Waals surface area contributed by atoms with Crippen LogP contribution in [0, 0.1) is 5.92 Å². The number of rotatable bonds is 1. The van der Waals surface area contributed by atoms with Crippen molar-refractivity contribution in [1.29, 1.82) is 0 Å². The van der Waals surface area contributed by atoms with Crippen LogP contribution < -0.4 is 0 Å². The van der Waals surface area contributed by atoms with Gasteiger partial charge in [0.15, 0.2) is 0 Å². The van der Waals surface area contributed by atoms with Crippen molar-refractivity contribution in [1.82, 2.24) is 0 Å². The Morgan fingerprint density at radius 3 is 2.50 bits per heavy atom. The number of carbonyl (C=O) groups is 2. The molecule has 2 heteroatoms. The molecule has 0 aliphatic heterocycles. The van der Waals surface area contributed by atoms with E-state index in [1.165, 1.54) is 12.2 Å². The van der Waals surface area contributed by atoms with E-state index in [2.05, 4.69) is 0 Å². The fraction of sp³-hybridized carbons (Fsp3) is 0.400. The Morgan fingerprint density at radius 2 is 1.92 bits per heavy atom. The summed E-state index contributed by atoms with van der Waals surface area (Å²) >= 11 is 0. The average molecular weight is 164 g/mol. The molecule has 0 aromatic carbocycles. The van der Waals surface area contributed by atoms with Crippen molar-refractivity contribution in [2.75, 3.05) is 0 Å². The molecule has 0 fully saturated rings. The van der Waals surface area contributed by atoms with Crippen LogP contribution in [0.3, 0.4) is 0 Å². The summed E-state index contributed by atoms with van der Waals surface area (Å²) in [6.45, 7) is 4.03. The molecule has 0 radical (unpaired) electrons. The van der Waals surface area contributed by atoms with Crippen molar-refractivity contribution >= 4 is 11.6 Å². The quantitative estimate of drug-likeness (QED) is 0.552. The molecule has 0 saturated carbocycles. The van der Waals surface area contributed by atoms with Crippen LogP contribution in [-0.4, -0.2) is 11.6 Å². The average Bonchev–Trinajstić information content (AvgIpc) is 2.15. The molecule has 0 spiro atoms. The zero-order chi connectivity index (χ0) is 9.14. The topological polar surface area (TPSA) is 34.1 Å². The van der Waals surface area contributed by atoms with Crippen molar-refractivity contribution in [3.63, 3.8) is 0 Å². The first-order chi connectivity index (χ1) is 5.61. The zero-order valence-electron chi connectivity index (χ0n) is 7.33. The van der Waals surface area contributed by atoms with Gasteiger partial charge in [0.2, 0.25) is 11.6 Å². The normalized spacial score (nSPS) is 18.1. The zero-order valence-corrected chi connectivity index (χ0v) is 7.33. The van der Waals surface area contributed by atoms with Gasteiger partial charge in [0.25, 0.3) is 0 Å². The number of hydrogen-bond donors (Lipinski definition) is 0. The van der Waals surface area contributed by atoms with Crippen LogP contribution in [0.5, 0.6) is 0 Å². The largest absolute Gasteiger partial charge is 0.286 e. The van der Waals surface area contributed by atoms with Gasteiger partial charge in [-0.1, -0.05) is 25.5 Å². The van der Waals surface area contributed by atoms with Gasteiger partial charge in [-0.25, -0.2) is 0 Å². The van der Waals surface area contributed by atoms with Crippen molar-refractivity contribution in [3.8, 4) is 0 Å².